The van der Waals surface area contributed by atoms with Gasteiger partial charge in [-0.05, 0) is 30.3 Å². The minimum Gasteiger partial charge on any atom is -0.494 e. The number of hydrogen-bond donors (Lipinski definition) is 2. The zero-order valence-electron chi connectivity index (χ0n) is 15.4. The van der Waals surface area contributed by atoms with E-state index >= 15 is 0 Å². The van der Waals surface area contributed by atoms with E-state index in [1.165, 1.54) is 25.4 Å². The second-order valence-electron chi connectivity index (χ2n) is 5.88. The molecule has 1 heterocycles. The van der Waals surface area contributed by atoms with Gasteiger partial charge >= 0.3 is 0 Å². The van der Waals surface area contributed by atoms with Crippen LogP contribution in [0.5, 0.6) is 5.75 Å². The summed E-state index contributed by atoms with van der Waals surface area (Å²) < 4.78 is 5.32. The monoisotopic (exact) mass is 405 g/mol. The Kier molecular flexibility index (Phi) is 6.12. The van der Waals surface area contributed by atoms with E-state index in [4.69, 9.17) is 22.8 Å². The molecule has 0 fully saturated rings. The number of amides is 2. The van der Waals surface area contributed by atoms with Crippen molar-refractivity contribution in [3.63, 3.8) is 0 Å². The van der Waals surface area contributed by atoms with Crippen LogP contribution in [0.15, 0.2) is 60.8 Å². The summed E-state index contributed by atoms with van der Waals surface area (Å²) in [7, 11) is 1.42. The van der Waals surface area contributed by atoms with Gasteiger partial charge in [-0.1, -0.05) is 35.7 Å². The molecule has 0 saturated heterocycles. The van der Waals surface area contributed by atoms with Gasteiger partial charge in [0.25, 0.3) is 11.8 Å². The summed E-state index contributed by atoms with van der Waals surface area (Å²) in [5, 5.41) is 5.66. The Labute approximate surface area is 172 Å². The van der Waals surface area contributed by atoms with E-state index in [2.05, 4.69) is 21.5 Å². The van der Waals surface area contributed by atoms with Crippen LogP contribution in [0.25, 0.3) is 0 Å². The minimum absolute atomic E-state index is 0.126. The van der Waals surface area contributed by atoms with Crippen molar-refractivity contribution in [2.24, 2.45) is 0 Å². The second kappa shape index (κ2) is 8.91. The van der Waals surface area contributed by atoms with Gasteiger partial charge in [0.15, 0.2) is 0 Å². The molecule has 2 aromatic carbocycles. The molecule has 0 unspecified atom stereocenters. The number of anilines is 2. The summed E-state index contributed by atoms with van der Waals surface area (Å²) in [6.07, 6.45) is 6.77. The Morgan fingerprint density at radius 1 is 1.07 bits per heavy atom. The molecule has 0 radical (unpaired) electrons. The number of carbonyl (C=O) groups excluding carboxylic acids is 2. The van der Waals surface area contributed by atoms with E-state index in [-0.39, 0.29) is 22.0 Å². The van der Waals surface area contributed by atoms with Crippen LogP contribution in [-0.4, -0.2) is 23.9 Å². The molecule has 2 N–H and O–H groups in total. The highest BCUT2D eigenvalue weighted by Gasteiger charge is 2.20. The molecule has 3 rings (SSSR count). The Morgan fingerprint density at radius 2 is 1.83 bits per heavy atom. The lowest BCUT2D eigenvalue weighted by atomic mass is 10.1. The molecule has 0 saturated carbocycles. The van der Waals surface area contributed by atoms with Gasteiger partial charge in [0.2, 0.25) is 0 Å². The third kappa shape index (κ3) is 4.72. The quantitative estimate of drug-likeness (QED) is 0.622. The molecule has 144 valence electrons. The van der Waals surface area contributed by atoms with Gasteiger partial charge in [-0.25, -0.2) is 4.98 Å². The van der Waals surface area contributed by atoms with Crippen molar-refractivity contribution in [2.45, 2.75) is 0 Å². The Morgan fingerprint density at radius 3 is 2.45 bits per heavy atom. The molecule has 0 aliphatic rings. The summed E-state index contributed by atoms with van der Waals surface area (Å²) in [5.41, 5.74) is 1.34. The lowest BCUT2D eigenvalue weighted by Crippen LogP contribution is -2.19. The molecule has 0 atom stereocenters. The lowest BCUT2D eigenvalue weighted by Gasteiger charge is -2.15. The highest BCUT2D eigenvalue weighted by molar-refractivity contribution is 6.31. The van der Waals surface area contributed by atoms with E-state index in [1.807, 2.05) is 0 Å². The number of hydrogen-bond acceptors (Lipinski definition) is 4. The van der Waals surface area contributed by atoms with E-state index in [1.54, 1.807) is 42.5 Å². The number of benzene rings is 2. The predicted molar refractivity (Wildman–Crippen MR) is 113 cm³/mol. The maximum Gasteiger partial charge on any atom is 0.259 e. The Bertz CT molecular complexity index is 1090. The minimum atomic E-state index is -0.518. The molecule has 1 aromatic heterocycles. The van der Waals surface area contributed by atoms with Gasteiger partial charge in [-0.15, -0.1) is 6.42 Å². The fraction of sp³-hybridized carbons (Fsp3) is 0.0455. The second-order valence-corrected chi connectivity index (χ2v) is 6.32. The fourth-order valence-electron chi connectivity index (χ4n) is 2.56. The van der Waals surface area contributed by atoms with E-state index < -0.39 is 11.8 Å². The zero-order valence-corrected chi connectivity index (χ0v) is 16.2. The number of pyridine rings is 1. The highest BCUT2D eigenvalue weighted by atomic mass is 35.5. The molecule has 0 spiro atoms. The molecule has 7 heteroatoms. The number of nitrogens with zero attached hydrogens (tertiary/aromatic N) is 1. The molecule has 0 aliphatic heterocycles. The maximum atomic E-state index is 12.9. The molecule has 0 aliphatic carbocycles. The molecule has 6 nitrogen and oxygen atoms in total. The number of terminal acetylenes is 1. The third-order valence-corrected chi connectivity index (χ3v) is 4.20. The number of halogens is 1. The van der Waals surface area contributed by atoms with E-state index in [0.717, 1.165) is 0 Å². The maximum absolute atomic E-state index is 12.9. The summed E-state index contributed by atoms with van der Waals surface area (Å²) in [5.74, 6) is 2.09. The number of rotatable bonds is 5. The van der Waals surface area contributed by atoms with Crippen molar-refractivity contribution in [1.82, 2.24) is 4.98 Å². The Balaban J connectivity index is 1.94. The van der Waals surface area contributed by atoms with Gasteiger partial charge in [0.1, 0.15) is 11.6 Å². The van der Waals surface area contributed by atoms with Crippen molar-refractivity contribution < 1.29 is 14.3 Å². The average Bonchev–Trinajstić information content (AvgIpc) is 2.75. The van der Waals surface area contributed by atoms with E-state index in [0.29, 0.717) is 16.9 Å². The van der Waals surface area contributed by atoms with Crippen LogP contribution in [0, 0.1) is 12.3 Å². The Hall–Kier alpha value is -3.82. The van der Waals surface area contributed by atoms with Crippen LogP contribution < -0.4 is 15.4 Å². The average molecular weight is 406 g/mol. The topological polar surface area (TPSA) is 80.3 Å². The summed E-state index contributed by atoms with van der Waals surface area (Å²) in [6.45, 7) is 0. The number of carbonyl (C=O) groups is 2. The first-order chi connectivity index (χ1) is 14.0. The SMILES string of the molecule is C#Cc1ccc(NC(=O)c2cc(Cl)cc(OC)c2NC(=O)c2ccccc2)nc1. The van der Waals surface area contributed by atoms with Gasteiger partial charge in [-0.2, -0.15) is 0 Å². The first-order valence-electron chi connectivity index (χ1n) is 8.49. The number of ether oxygens (including phenoxy) is 1. The van der Waals surface area contributed by atoms with Gasteiger partial charge in [0.05, 0.1) is 18.4 Å². The summed E-state index contributed by atoms with van der Waals surface area (Å²) in [6, 6.07) is 14.8. The fourth-order valence-corrected chi connectivity index (χ4v) is 2.77. The number of methoxy groups -OCH3 is 1. The van der Waals surface area contributed by atoms with Crippen LogP contribution in [0.3, 0.4) is 0 Å². The molecule has 2 amide bonds. The molecule has 29 heavy (non-hydrogen) atoms. The lowest BCUT2D eigenvalue weighted by molar-refractivity contribution is 0.102. The van der Waals surface area contributed by atoms with Crippen molar-refractivity contribution in [1.29, 1.82) is 0 Å². The first kappa shape index (κ1) is 19.9. The van der Waals surface area contributed by atoms with Gasteiger partial charge in [0, 0.05) is 28.4 Å². The summed E-state index contributed by atoms with van der Waals surface area (Å²) >= 11 is 6.13. The zero-order chi connectivity index (χ0) is 20.8. The van der Waals surface area contributed by atoms with Crippen molar-refractivity contribution in [3.8, 4) is 18.1 Å². The number of nitrogens with one attached hydrogen (secondary N) is 2. The van der Waals surface area contributed by atoms with Crippen LogP contribution >= 0.6 is 11.6 Å². The number of aromatic nitrogens is 1. The van der Waals surface area contributed by atoms with Crippen LogP contribution in [0.4, 0.5) is 11.5 Å². The predicted octanol–water partition coefficient (Wildman–Crippen LogP) is 4.23. The largest absolute Gasteiger partial charge is 0.494 e. The molecular weight excluding hydrogens is 390 g/mol. The van der Waals surface area contributed by atoms with Crippen molar-refractivity contribution in [2.75, 3.05) is 17.7 Å². The third-order valence-electron chi connectivity index (χ3n) is 3.98. The first-order valence-corrected chi connectivity index (χ1v) is 8.87. The molecule has 0 bridgehead atoms. The van der Waals surface area contributed by atoms with E-state index in [9.17, 15) is 9.59 Å². The van der Waals surface area contributed by atoms with Crippen LogP contribution in [0.2, 0.25) is 5.02 Å². The van der Waals surface area contributed by atoms with Gasteiger partial charge in [-0.3, -0.25) is 9.59 Å². The smallest absolute Gasteiger partial charge is 0.259 e. The molecular formula is C22H16ClN3O3. The highest BCUT2D eigenvalue weighted by Crippen LogP contribution is 2.33. The van der Waals surface area contributed by atoms with Crippen LogP contribution in [0.1, 0.15) is 26.3 Å². The standard InChI is InChI=1S/C22H16ClN3O3/c1-3-14-9-10-19(24-13-14)25-22(28)17-11-16(23)12-18(29-2)20(17)26-21(27)15-7-5-4-6-8-15/h1,4-13H,2H3,(H,26,27)(H,24,25,28). The van der Waals surface area contributed by atoms with Crippen molar-refractivity contribution in [3.05, 3.63) is 82.5 Å². The summed E-state index contributed by atoms with van der Waals surface area (Å²) in [4.78, 5) is 29.6. The van der Waals surface area contributed by atoms with Crippen LogP contribution in [-0.2, 0) is 0 Å². The molecule has 3 aromatic rings. The normalized spacial score (nSPS) is 9.97. The van der Waals surface area contributed by atoms with Gasteiger partial charge < -0.3 is 15.4 Å². The van der Waals surface area contributed by atoms with Crippen molar-refractivity contribution >= 4 is 34.9 Å².